The Bertz CT molecular complexity index is 312. The highest BCUT2D eigenvalue weighted by Gasteiger charge is 2.24. The Morgan fingerprint density at radius 3 is 2.23 bits per heavy atom. The first-order valence-corrected chi connectivity index (χ1v) is 4.61. The zero-order chi connectivity index (χ0) is 10.2. The smallest absolute Gasteiger partial charge is 0.167 e. The van der Waals surface area contributed by atoms with E-state index in [9.17, 15) is 4.39 Å². The van der Waals surface area contributed by atoms with Crippen LogP contribution in [0.1, 0.15) is 33.4 Å². The number of hydrogen-bond acceptors (Lipinski definition) is 1. The molecule has 0 atom stereocenters. The van der Waals surface area contributed by atoms with Gasteiger partial charge in [0.05, 0.1) is 0 Å². The van der Waals surface area contributed by atoms with Crippen LogP contribution < -0.4 is 5.59 Å². The predicted octanol–water partition coefficient (Wildman–Crippen LogP) is 0.598. The van der Waals surface area contributed by atoms with Crippen LogP contribution in [0.3, 0.4) is 0 Å². The standard InChI is InChI=1S/C9H16BFN2/c1-5-13-8(10)6(11)7(12-13)9(2,3)4/h5,10H2,1-4H3. The number of aromatic nitrogens is 2. The lowest BCUT2D eigenvalue weighted by atomic mass is 9.90. The minimum atomic E-state index is -0.213. The second-order valence-corrected chi connectivity index (χ2v) is 4.31. The van der Waals surface area contributed by atoms with E-state index in [1.807, 2.05) is 27.7 Å². The molecule has 0 saturated carbocycles. The minimum absolute atomic E-state index is 0.158. The summed E-state index contributed by atoms with van der Waals surface area (Å²) in [5.41, 5.74) is 0.981. The van der Waals surface area contributed by atoms with Gasteiger partial charge in [0.2, 0.25) is 0 Å². The molecule has 0 bridgehead atoms. The van der Waals surface area contributed by atoms with Crippen molar-refractivity contribution in [1.29, 1.82) is 0 Å². The minimum Gasteiger partial charge on any atom is -0.277 e. The molecular formula is C9H16BFN2. The van der Waals surface area contributed by atoms with Crippen LogP contribution in [0.15, 0.2) is 0 Å². The Balaban J connectivity index is 3.25. The molecule has 0 N–H and O–H groups in total. The van der Waals surface area contributed by atoms with Crippen molar-refractivity contribution in [3.63, 3.8) is 0 Å². The van der Waals surface area contributed by atoms with Gasteiger partial charge in [0, 0.05) is 17.6 Å². The van der Waals surface area contributed by atoms with Gasteiger partial charge in [0.15, 0.2) is 13.7 Å². The average molecular weight is 182 g/mol. The summed E-state index contributed by atoms with van der Waals surface area (Å²) in [4.78, 5) is 0. The van der Waals surface area contributed by atoms with Crippen molar-refractivity contribution in [3.8, 4) is 0 Å². The molecule has 0 spiro atoms. The first-order chi connectivity index (χ1) is 5.88. The molecule has 1 heterocycles. The van der Waals surface area contributed by atoms with Crippen molar-refractivity contribution >= 4 is 13.4 Å². The molecule has 1 aromatic rings. The normalized spacial score (nSPS) is 12.1. The van der Waals surface area contributed by atoms with Gasteiger partial charge < -0.3 is 0 Å². The lowest BCUT2D eigenvalue weighted by Crippen LogP contribution is -2.19. The van der Waals surface area contributed by atoms with E-state index in [2.05, 4.69) is 5.10 Å². The molecule has 1 aromatic heterocycles. The van der Waals surface area contributed by atoms with Gasteiger partial charge in [0.1, 0.15) is 5.69 Å². The highest BCUT2D eigenvalue weighted by molar-refractivity contribution is 6.31. The molecule has 1 rings (SSSR count). The van der Waals surface area contributed by atoms with E-state index in [1.54, 1.807) is 12.5 Å². The van der Waals surface area contributed by atoms with Crippen LogP contribution in [0.25, 0.3) is 0 Å². The Kier molecular flexibility index (Phi) is 2.50. The Labute approximate surface area is 79.5 Å². The predicted molar refractivity (Wildman–Crippen MR) is 54.7 cm³/mol. The second-order valence-electron chi connectivity index (χ2n) is 4.31. The van der Waals surface area contributed by atoms with Gasteiger partial charge >= 0.3 is 0 Å². The van der Waals surface area contributed by atoms with Gasteiger partial charge in [-0.25, -0.2) is 4.39 Å². The van der Waals surface area contributed by atoms with Crippen molar-refractivity contribution < 1.29 is 4.39 Å². The Hall–Kier alpha value is -0.795. The lowest BCUT2D eigenvalue weighted by Gasteiger charge is -2.14. The Morgan fingerprint density at radius 2 is 2.00 bits per heavy atom. The van der Waals surface area contributed by atoms with E-state index in [1.165, 1.54) is 0 Å². The van der Waals surface area contributed by atoms with Crippen LogP contribution in [0.5, 0.6) is 0 Å². The topological polar surface area (TPSA) is 17.8 Å². The van der Waals surface area contributed by atoms with Crippen molar-refractivity contribution in [2.45, 2.75) is 39.7 Å². The van der Waals surface area contributed by atoms with E-state index in [0.717, 1.165) is 6.54 Å². The van der Waals surface area contributed by atoms with Gasteiger partial charge in [-0.1, -0.05) is 20.8 Å². The molecule has 0 radical (unpaired) electrons. The summed E-state index contributed by atoms with van der Waals surface area (Å²) in [7, 11) is 1.76. The van der Waals surface area contributed by atoms with Crippen LogP contribution in [-0.2, 0) is 12.0 Å². The van der Waals surface area contributed by atoms with Crippen LogP contribution in [-0.4, -0.2) is 17.6 Å². The zero-order valence-electron chi connectivity index (χ0n) is 8.98. The van der Waals surface area contributed by atoms with Gasteiger partial charge in [0.25, 0.3) is 0 Å². The third-order valence-electron chi connectivity index (χ3n) is 2.14. The number of nitrogens with zero attached hydrogens (tertiary/aromatic N) is 2. The number of rotatable bonds is 1. The summed E-state index contributed by atoms with van der Waals surface area (Å²) in [6.07, 6.45) is 0. The van der Waals surface area contributed by atoms with Crippen LogP contribution >= 0.6 is 0 Å². The van der Waals surface area contributed by atoms with E-state index in [-0.39, 0.29) is 11.2 Å². The maximum absolute atomic E-state index is 13.6. The van der Waals surface area contributed by atoms with Crippen molar-refractivity contribution in [3.05, 3.63) is 11.5 Å². The monoisotopic (exact) mass is 182 g/mol. The third kappa shape index (κ3) is 1.76. The summed E-state index contributed by atoms with van der Waals surface area (Å²) in [6, 6.07) is 0. The van der Waals surface area contributed by atoms with Gasteiger partial charge in [-0.2, -0.15) is 5.10 Å². The highest BCUT2D eigenvalue weighted by atomic mass is 19.1. The molecule has 0 unspecified atom stereocenters. The van der Waals surface area contributed by atoms with E-state index >= 15 is 0 Å². The number of halogens is 1. The summed E-state index contributed by atoms with van der Waals surface area (Å²) < 4.78 is 15.3. The molecule has 0 fully saturated rings. The maximum atomic E-state index is 13.6. The molecule has 2 nitrogen and oxygen atoms in total. The molecule has 0 aliphatic carbocycles. The molecule has 0 aromatic carbocycles. The number of aryl methyl sites for hydroxylation is 1. The van der Waals surface area contributed by atoms with Crippen LogP contribution in [0, 0.1) is 5.82 Å². The molecule has 0 amide bonds. The lowest BCUT2D eigenvalue weighted by molar-refractivity contribution is 0.506. The maximum Gasteiger partial charge on any atom is 0.167 e. The summed E-state index contributed by atoms with van der Waals surface area (Å²) in [5.74, 6) is -0.158. The SMILES string of the molecule is Bc1c(F)c(C(C)(C)C)nn1CC. The fourth-order valence-corrected chi connectivity index (χ4v) is 1.31. The zero-order valence-corrected chi connectivity index (χ0v) is 8.98. The van der Waals surface area contributed by atoms with E-state index in [0.29, 0.717) is 11.3 Å². The molecule has 0 saturated heterocycles. The van der Waals surface area contributed by atoms with Gasteiger partial charge in [-0.05, 0) is 6.92 Å². The van der Waals surface area contributed by atoms with Gasteiger partial charge in [-0.3, -0.25) is 4.68 Å². The average Bonchev–Trinajstić information content (AvgIpc) is 2.28. The summed E-state index contributed by atoms with van der Waals surface area (Å²) in [6.45, 7) is 8.60. The third-order valence-corrected chi connectivity index (χ3v) is 2.14. The second kappa shape index (κ2) is 3.16. The largest absolute Gasteiger partial charge is 0.277 e. The van der Waals surface area contributed by atoms with E-state index in [4.69, 9.17) is 0 Å². The molecule has 13 heavy (non-hydrogen) atoms. The summed E-state index contributed by atoms with van der Waals surface area (Å²) >= 11 is 0. The Morgan fingerprint density at radius 1 is 1.46 bits per heavy atom. The van der Waals surface area contributed by atoms with Crippen LogP contribution in [0.4, 0.5) is 4.39 Å². The van der Waals surface area contributed by atoms with Crippen LogP contribution in [0.2, 0.25) is 0 Å². The quantitative estimate of drug-likeness (QED) is 0.581. The highest BCUT2D eigenvalue weighted by Crippen LogP contribution is 2.21. The molecule has 0 aliphatic heterocycles. The van der Waals surface area contributed by atoms with Crippen molar-refractivity contribution in [2.75, 3.05) is 0 Å². The van der Waals surface area contributed by atoms with Crippen molar-refractivity contribution in [2.24, 2.45) is 0 Å². The summed E-state index contributed by atoms with van der Waals surface area (Å²) in [5, 5.41) is 4.24. The first kappa shape index (κ1) is 10.3. The first-order valence-electron chi connectivity index (χ1n) is 4.61. The molecule has 4 heteroatoms. The fraction of sp³-hybridized carbons (Fsp3) is 0.667. The van der Waals surface area contributed by atoms with Gasteiger partial charge in [-0.15, -0.1) is 0 Å². The molecule has 72 valence electrons. The molecule has 0 aliphatic rings. The fourth-order valence-electron chi connectivity index (χ4n) is 1.31. The number of hydrogen-bond donors (Lipinski definition) is 0. The van der Waals surface area contributed by atoms with Crippen molar-refractivity contribution in [1.82, 2.24) is 9.78 Å². The molecular weight excluding hydrogens is 166 g/mol. The van der Waals surface area contributed by atoms with E-state index < -0.39 is 0 Å².